The highest BCUT2D eigenvalue weighted by Gasteiger charge is 2.68. The molecule has 1 heterocycles. The monoisotopic (exact) mass is 574 g/mol. The molecule has 1 aliphatic heterocycles. The van der Waals surface area contributed by atoms with Crippen LogP contribution in [0.1, 0.15) is 46.2 Å². The van der Waals surface area contributed by atoms with Crippen LogP contribution in [-0.2, 0) is 35.5 Å². The van der Waals surface area contributed by atoms with E-state index in [1.165, 1.54) is 9.80 Å². The lowest BCUT2D eigenvalue weighted by atomic mass is 9.66. The maximum absolute atomic E-state index is 14.4. The van der Waals surface area contributed by atoms with Gasteiger partial charge in [-0.15, -0.1) is 0 Å². The Morgan fingerprint density at radius 1 is 0.744 bits per heavy atom. The molecule has 2 aliphatic rings. The SMILES string of the molecule is CC(C1c2ccccc2CCc2ccccc21)[C@]1(C(=O)O)[C@@H](C(=O)O)N(Cc2ccccc2)C(=O)N1Cc1ccccc1. The van der Waals surface area contributed by atoms with Crippen LogP contribution in [0.4, 0.5) is 4.79 Å². The summed E-state index contributed by atoms with van der Waals surface area (Å²) in [5.41, 5.74) is 3.49. The molecule has 218 valence electrons. The normalized spacial score (nSPS) is 20.7. The molecule has 0 saturated carbocycles. The van der Waals surface area contributed by atoms with E-state index in [9.17, 15) is 24.6 Å². The van der Waals surface area contributed by atoms with Crippen molar-refractivity contribution in [3.63, 3.8) is 0 Å². The molecule has 0 radical (unpaired) electrons. The maximum atomic E-state index is 14.4. The Morgan fingerprint density at radius 2 is 1.21 bits per heavy atom. The fourth-order valence-corrected chi connectivity index (χ4v) is 7.32. The van der Waals surface area contributed by atoms with E-state index in [2.05, 4.69) is 12.1 Å². The van der Waals surface area contributed by atoms with Crippen LogP contribution in [0.5, 0.6) is 0 Å². The molecule has 4 aromatic rings. The number of carboxylic acids is 2. The summed E-state index contributed by atoms with van der Waals surface area (Å²) in [5.74, 6) is -3.95. The summed E-state index contributed by atoms with van der Waals surface area (Å²) < 4.78 is 0. The van der Waals surface area contributed by atoms with Crippen LogP contribution < -0.4 is 0 Å². The van der Waals surface area contributed by atoms with E-state index < -0.39 is 41.4 Å². The molecule has 1 saturated heterocycles. The lowest BCUT2D eigenvalue weighted by Crippen LogP contribution is -2.65. The van der Waals surface area contributed by atoms with Gasteiger partial charge in [-0.1, -0.05) is 116 Å². The van der Waals surface area contributed by atoms with E-state index >= 15 is 0 Å². The summed E-state index contributed by atoms with van der Waals surface area (Å²) in [7, 11) is 0. The lowest BCUT2D eigenvalue weighted by Gasteiger charge is -2.44. The Balaban J connectivity index is 1.59. The Labute approximate surface area is 251 Å². The third kappa shape index (κ3) is 4.75. The van der Waals surface area contributed by atoms with Gasteiger partial charge in [-0.05, 0) is 46.2 Å². The molecule has 0 spiro atoms. The lowest BCUT2D eigenvalue weighted by molar-refractivity contribution is -0.163. The Morgan fingerprint density at radius 3 is 1.70 bits per heavy atom. The molecule has 1 unspecified atom stereocenters. The van der Waals surface area contributed by atoms with Crippen LogP contribution in [-0.4, -0.2) is 49.6 Å². The molecule has 2 N–H and O–H groups in total. The van der Waals surface area contributed by atoms with E-state index in [1.807, 2.05) is 104 Å². The zero-order valence-corrected chi connectivity index (χ0v) is 24.0. The quantitative estimate of drug-likeness (QED) is 0.270. The molecule has 1 aliphatic carbocycles. The van der Waals surface area contributed by atoms with Gasteiger partial charge in [0.05, 0.1) is 0 Å². The first kappa shape index (κ1) is 28.2. The van der Waals surface area contributed by atoms with Crippen molar-refractivity contribution in [1.29, 1.82) is 0 Å². The predicted molar refractivity (Wildman–Crippen MR) is 162 cm³/mol. The average Bonchev–Trinajstić information content (AvgIpc) is 3.15. The Hall–Kier alpha value is -4.91. The number of hydrogen-bond acceptors (Lipinski definition) is 3. The van der Waals surface area contributed by atoms with Crippen LogP contribution in [0.2, 0.25) is 0 Å². The number of carbonyl (C=O) groups excluding carboxylic acids is 1. The van der Waals surface area contributed by atoms with Crippen LogP contribution in [0, 0.1) is 5.92 Å². The van der Waals surface area contributed by atoms with Crippen molar-refractivity contribution >= 4 is 18.0 Å². The van der Waals surface area contributed by atoms with Gasteiger partial charge >= 0.3 is 18.0 Å². The van der Waals surface area contributed by atoms with Crippen molar-refractivity contribution in [2.75, 3.05) is 0 Å². The highest BCUT2D eigenvalue weighted by molar-refractivity contribution is 6.00. The number of carbonyl (C=O) groups is 3. The molecule has 4 aromatic carbocycles. The Kier molecular flexibility index (Phi) is 7.48. The van der Waals surface area contributed by atoms with Gasteiger partial charge in [0.1, 0.15) is 0 Å². The molecule has 0 bridgehead atoms. The van der Waals surface area contributed by atoms with Crippen LogP contribution >= 0.6 is 0 Å². The molecular weight excluding hydrogens is 540 g/mol. The topological polar surface area (TPSA) is 98.1 Å². The van der Waals surface area contributed by atoms with Gasteiger partial charge in [0.25, 0.3) is 0 Å². The minimum absolute atomic E-state index is 0.0263. The van der Waals surface area contributed by atoms with Gasteiger partial charge in [0.15, 0.2) is 11.6 Å². The number of amides is 2. The van der Waals surface area contributed by atoms with E-state index in [0.717, 1.165) is 46.2 Å². The van der Waals surface area contributed by atoms with E-state index in [4.69, 9.17) is 0 Å². The van der Waals surface area contributed by atoms with Crippen LogP contribution in [0.15, 0.2) is 109 Å². The number of aryl methyl sites for hydroxylation is 2. The number of fused-ring (bicyclic) bond motifs is 2. The van der Waals surface area contributed by atoms with E-state index in [0.29, 0.717) is 0 Å². The molecule has 0 aromatic heterocycles. The number of aliphatic carboxylic acids is 2. The summed E-state index contributed by atoms with van der Waals surface area (Å²) in [4.78, 5) is 44.2. The van der Waals surface area contributed by atoms with Crippen molar-refractivity contribution in [1.82, 2.24) is 9.80 Å². The first-order chi connectivity index (χ1) is 20.8. The number of benzene rings is 4. The van der Waals surface area contributed by atoms with Gasteiger partial charge in [-0.2, -0.15) is 0 Å². The minimum Gasteiger partial charge on any atom is -0.480 e. The highest BCUT2D eigenvalue weighted by Crippen LogP contribution is 2.50. The second-order valence-electron chi connectivity index (χ2n) is 11.5. The second-order valence-corrected chi connectivity index (χ2v) is 11.5. The maximum Gasteiger partial charge on any atom is 0.332 e. The van der Waals surface area contributed by atoms with Crippen molar-refractivity contribution in [2.45, 2.75) is 50.4 Å². The standard InChI is InChI=1S/C36H34N2O5/c1-24(31-29-18-10-8-16-27(29)20-21-28-17-9-11-19-30(28)31)36(34(41)42)32(33(39)40)37(22-25-12-4-2-5-13-25)35(43)38(36)23-26-14-6-3-7-15-26/h2-19,24,31-32H,20-23H2,1H3,(H,39,40)(H,41,42)/t24?,32-,36-/m1/s1. The minimum atomic E-state index is -2.09. The summed E-state index contributed by atoms with van der Waals surface area (Å²) in [5, 5.41) is 22.2. The molecule has 43 heavy (non-hydrogen) atoms. The second kappa shape index (κ2) is 11.4. The van der Waals surface area contributed by atoms with Gasteiger partial charge in [0, 0.05) is 24.9 Å². The largest absolute Gasteiger partial charge is 0.480 e. The van der Waals surface area contributed by atoms with Crippen molar-refractivity contribution in [2.24, 2.45) is 5.92 Å². The highest BCUT2D eigenvalue weighted by atomic mass is 16.4. The summed E-state index contributed by atoms with van der Waals surface area (Å²) >= 11 is 0. The van der Waals surface area contributed by atoms with Gasteiger partial charge in [-0.3, -0.25) is 0 Å². The first-order valence-electron chi connectivity index (χ1n) is 14.6. The van der Waals surface area contributed by atoms with Crippen LogP contribution in [0.25, 0.3) is 0 Å². The Bertz CT molecular complexity index is 1610. The van der Waals surface area contributed by atoms with E-state index in [1.54, 1.807) is 0 Å². The molecule has 7 heteroatoms. The average molecular weight is 575 g/mol. The smallest absolute Gasteiger partial charge is 0.332 e. The van der Waals surface area contributed by atoms with Gasteiger partial charge in [-0.25, -0.2) is 14.4 Å². The zero-order chi connectivity index (χ0) is 30.1. The first-order valence-corrected chi connectivity index (χ1v) is 14.6. The van der Waals surface area contributed by atoms with Gasteiger partial charge in [0.2, 0.25) is 0 Å². The molecule has 6 rings (SSSR count). The van der Waals surface area contributed by atoms with E-state index in [-0.39, 0.29) is 13.1 Å². The molecule has 1 fully saturated rings. The van der Waals surface area contributed by atoms with Crippen molar-refractivity contribution in [3.05, 3.63) is 143 Å². The summed E-state index contributed by atoms with van der Waals surface area (Å²) in [6.45, 7) is 1.74. The van der Waals surface area contributed by atoms with Crippen molar-refractivity contribution < 1.29 is 24.6 Å². The molecule has 7 nitrogen and oxygen atoms in total. The fraction of sp³-hybridized carbons (Fsp3) is 0.250. The van der Waals surface area contributed by atoms with Crippen LogP contribution in [0.3, 0.4) is 0 Å². The molecular formula is C36H34N2O5. The number of nitrogens with zero attached hydrogens (tertiary/aromatic N) is 2. The zero-order valence-electron chi connectivity index (χ0n) is 24.0. The van der Waals surface area contributed by atoms with Gasteiger partial charge < -0.3 is 20.0 Å². The number of carboxylic acid groups (broad SMARTS) is 2. The summed E-state index contributed by atoms with van der Waals surface area (Å²) in [6.07, 6.45) is 1.57. The fourth-order valence-electron chi connectivity index (χ4n) is 7.32. The number of rotatable bonds is 8. The summed E-state index contributed by atoms with van der Waals surface area (Å²) in [6, 6.07) is 32.0. The van der Waals surface area contributed by atoms with Crippen molar-refractivity contribution in [3.8, 4) is 0 Å². The third-order valence-corrected chi connectivity index (χ3v) is 9.25. The molecule has 2 amide bonds. The molecule has 3 atom stereocenters. The third-order valence-electron chi connectivity index (χ3n) is 9.25. The predicted octanol–water partition coefficient (Wildman–Crippen LogP) is 5.97. The number of urea groups is 1. The number of hydrogen-bond donors (Lipinski definition) is 2.